The first-order valence-corrected chi connectivity index (χ1v) is 5.98. The number of rotatable bonds is 3. The van der Waals surface area contributed by atoms with E-state index in [9.17, 15) is 4.79 Å². The number of hydrogen-bond acceptors (Lipinski definition) is 3. The first-order valence-electron chi connectivity index (χ1n) is 4.82. The third-order valence-corrected chi connectivity index (χ3v) is 3.79. The van der Waals surface area contributed by atoms with E-state index in [0.717, 1.165) is 12.3 Å². The molecule has 0 radical (unpaired) electrons. The van der Waals surface area contributed by atoms with Crippen LogP contribution in [0, 0.1) is 0 Å². The summed E-state index contributed by atoms with van der Waals surface area (Å²) in [5.74, 6) is 1.52. The Morgan fingerprint density at radius 2 is 2.31 bits per heavy atom. The van der Waals surface area contributed by atoms with Gasteiger partial charge in [-0.3, -0.25) is 9.69 Å². The molecule has 1 saturated heterocycles. The van der Waals surface area contributed by atoms with Crippen LogP contribution in [0.25, 0.3) is 0 Å². The molecule has 1 saturated carbocycles. The quantitative estimate of drug-likeness (QED) is 0.740. The Labute approximate surface area is 82.5 Å². The summed E-state index contributed by atoms with van der Waals surface area (Å²) >= 11 is 1.89. The second kappa shape index (κ2) is 3.88. The Kier molecular flexibility index (Phi) is 2.79. The number of nitrogens with zero attached hydrogens (tertiary/aromatic N) is 1. The molecule has 0 aromatic carbocycles. The van der Waals surface area contributed by atoms with E-state index < -0.39 is 5.97 Å². The summed E-state index contributed by atoms with van der Waals surface area (Å²) in [6.45, 7) is 1.09. The Morgan fingerprint density at radius 1 is 1.54 bits per heavy atom. The molecule has 13 heavy (non-hydrogen) atoms. The maximum absolute atomic E-state index is 10.6. The fourth-order valence-corrected chi connectivity index (χ4v) is 3.02. The molecule has 4 heteroatoms. The van der Waals surface area contributed by atoms with Gasteiger partial charge in [-0.15, -0.1) is 0 Å². The molecular weight excluding hydrogens is 186 g/mol. The van der Waals surface area contributed by atoms with Crippen LogP contribution in [0.15, 0.2) is 0 Å². The van der Waals surface area contributed by atoms with E-state index in [1.807, 2.05) is 11.8 Å². The molecule has 74 valence electrons. The Bertz CT molecular complexity index is 206. The highest BCUT2D eigenvalue weighted by atomic mass is 32.2. The minimum Gasteiger partial charge on any atom is -0.481 e. The maximum atomic E-state index is 10.6. The topological polar surface area (TPSA) is 40.5 Å². The van der Waals surface area contributed by atoms with E-state index in [1.54, 1.807) is 0 Å². The fourth-order valence-electron chi connectivity index (χ4n) is 1.93. The van der Waals surface area contributed by atoms with Gasteiger partial charge in [0.15, 0.2) is 0 Å². The average molecular weight is 201 g/mol. The highest BCUT2D eigenvalue weighted by molar-refractivity contribution is 7.99. The summed E-state index contributed by atoms with van der Waals surface area (Å²) in [5, 5.41) is 8.75. The standard InChI is InChI=1S/C9H15NO2S/c11-9(12)5-8-6-13-4-3-10(8)7-1-2-7/h7-8H,1-6H2,(H,11,12). The van der Waals surface area contributed by atoms with Crippen LogP contribution >= 0.6 is 11.8 Å². The lowest BCUT2D eigenvalue weighted by Gasteiger charge is -2.34. The lowest BCUT2D eigenvalue weighted by atomic mass is 10.2. The fraction of sp³-hybridized carbons (Fsp3) is 0.889. The summed E-state index contributed by atoms with van der Waals surface area (Å²) in [7, 11) is 0. The first-order chi connectivity index (χ1) is 6.27. The van der Waals surface area contributed by atoms with Crippen LogP contribution < -0.4 is 0 Å². The van der Waals surface area contributed by atoms with Crippen LogP contribution in [0.4, 0.5) is 0 Å². The largest absolute Gasteiger partial charge is 0.481 e. The molecule has 1 heterocycles. The van der Waals surface area contributed by atoms with Crippen molar-refractivity contribution in [3.63, 3.8) is 0 Å². The van der Waals surface area contributed by atoms with Gasteiger partial charge in [0.05, 0.1) is 6.42 Å². The SMILES string of the molecule is O=C(O)CC1CSCCN1C1CC1. The molecule has 2 fully saturated rings. The minimum absolute atomic E-state index is 0.295. The molecule has 1 N–H and O–H groups in total. The summed E-state index contributed by atoms with van der Waals surface area (Å²) < 4.78 is 0. The number of carboxylic acid groups (broad SMARTS) is 1. The summed E-state index contributed by atoms with van der Waals surface area (Å²) in [5.41, 5.74) is 0. The van der Waals surface area contributed by atoms with Crippen molar-refractivity contribution >= 4 is 17.7 Å². The zero-order valence-electron chi connectivity index (χ0n) is 7.61. The maximum Gasteiger partial charge on any atom is 0.304 e. The van der Waals surface area contributed by atoms with Crippen molar-refractivity contribution in [3.8, 4) is 0 Å². The number of carboxylic acids is 1. The Hall–Kier alpha value is -0.220. The van der Waals surface area contributed by atoms with E-state index in [2.05, 4.69) is 4.90 Å². The monoisotopic (exact) mass is 201 g/mol. The first kappa shape index (κ1) is 9.34. The lowest BCUT2D eigenvalue weighted by molar-refractivity contribution is -0.138. The molecule has 2 rings (SSSR count). The van der Waals surface area contributed by atoms with E-state index in [-0.39, 0.29) is 0 Å². The van der Waals surface area contributed by atoms with Crippen LogP contribution in [-0.2, 0) is 4.79 Å². The van der Waals surface area contributed by atoms with Crippen molar-refractivity contribution in [1.82, 2.24) is 4.90 Å². The van der Waals surface area contributed by atoms with Gasteiger partial charge in [0.2, 0.25) is 0 Å². The molecule has 0 amide bonds. The highest BCUT2D eigenvalue weighted by Gasteiger charge is 2.36. The van der Waals surface area contributed by atoms with Crippen molar-refractivity contribution in [2.45, 2.75) is 31.3 Å². The van der Waals surface area contributed by atoms with E-state index >= 15 is 0 Å². The number of hydrogen-bond donors (Lipinski definition) is 1. The van der Waals surface area contributed by atoms with Gasteiger partial charge in [-0.05, 0) is 12.8 Å². The van der Waals surface area contributed by atoms with Crippen molar-refractivity contribution in [1.29, 1.82) is 0 Å². The zero-order valence-corrected chi connectivity index (χ0v) is 8.42. The molecule has 3 nitrogen and oxygen atoms in total. The zero-order chi connectivity index (χ0) is 9.26. The number of carbonyl (C=O) groups is 1. The molecule has 1 atom stereocenters. The van der Waals surface area contributed by atoms with Crippen LogP contribution in [0.1, 0.15) is 19.3 Å². The third-order valence-electron chi connectivity index (χ3n) is 2.70. The molecule has 1 unspecified atom stereocenters. The van der Waals surface area contributed by atoms with Crippen molar-refractivity contribution < 1.29 is 9.90 Å². The summed E-state index contributed by atoms with van der Waals surface area (Å²) in [6.07, 6.45) is 2.88. The van der Waals surface area contributed by atoms with Crippen LogP contribution in [0.2, 0.25) is 0 Å². The number of thioether (sulfide) groups is 1. The molecule has 0 aromatic rings. The van der Waals surface area contributed by atoms with Crippen molar-refractivity contribution in [3.05, 3.63) is 0 Å². The van der Waals surface area contributed by atoms with Gasteiger partial charge in [0, 0.05) is 30.1 Å². The van der Waals surface area contributed by atoms with E-state index in [1.165, 1.54) is 18.6 Å². The van der Waals surface area contributed by atoms with E-state index in [0.29, 0.717) is 18.5 Å². The molecule has 0 aromatic heterocycles. The normalized spacial score (nSPS) is 30.3. The molecule has 0 spiro atoms. The van der Waals surface area contributed by atoms with Gasteiger partial charge < -0.3 is 5.11 Å². The Morgan fingerprint density at radius 3 is 2.92 bits per heavy atom. The molecule has 2 aliphatic rings. The smallest absolute Gasteiger partial charge is 0.304 e. The third kappa shape index (κ3) is 2.38. The summed E-state index contributed by atoms with van der Waals surface area (Å²) in [6, 6.07) is 1.01. The van der Waals surface area contributed by atoms with Crippen LogP contribution in [0.5, 0.6) is 0 Å². The summed E-state index contributed by atoms with van der Waals surface area (Å²) in [4.78, 5) is 13.0. The van der Waals surface area contributed by atoms with Crippen molar-refractivity contribution in [2.75, 3.05) is 18.1 Å². The second-order valence-corrected chi connectivity index (χ2v) is 4.95. The number of aliphatic carboxylic acids is 1. The molecule has 1 aliphatic carbocycles. The van der Waals surface area contributed by atoms with Gasteiger partial charge >= 0.3 is 5.97 Å². The Balaban J connectivity index is 1.91. The van der Waals surface area contributed by atoms with E-state index in [4.69, 9.17) is 5.11 Å². The molecular formula is C9H15NO2S. The van der Waals surface area contributed by atoms with Gasteiger partial charge in [-0.1, -0.05) is 0 Å². The van der Waals surface area contributed by atoms with Crippen molar-refractivity contribution in [2.24, 2.45) is 0 Å². The average Bonchev–Trinajstić information content (AvgIpc) is 2.87. The minimum atomic E-state index is -0.654. The highest BCUT2D eigenvalue weighted by Crippen LogP contribution is 2.32. The second-order valence-electron chi connectivity index (χ2n) is 3.80. The van der Waals surface area contributed by atoms with Gasteiger partial charge in [-0.25, -0.2) is 0 Å². The van der Waals surface area contributed by atoms with Gasteiger partial charge in [0.1, 0.15) is 0 Å². The molecule has 0 bridgehead atoms. The predicted molar refractivity (Wildman–Crippen MR) is 53.1 cm³/mol. The predicted octanol–water partition coefficient (Wildman–Crippen LogP) is 1.04. The van der Waals surface area contributed by atoms with Gasteiger partial charge in [0.25, 0.3) is 0 Å². The van der Waals surface area contributed by atoms with Gasteiger partial charge in [-0.2, -0.15) is 11.8 Å². The van der Waals surface area contributed by atoms with Crippen LogP contribution in [0.3, 0.4) is 0 Å². The lowest BCUT2D eigenvalue weighted by Crippen LogP contribution is -2.44. The van der Waals surface area contributed by atoms with Crippen LogP contribution in [-0.4, -0.2) is 46.1 Å². The molecule has 1 aliphatic heterocycles.